The van der Waals surface area contributed by atoms with Crippen LogP contribution in [0.3, 0.4) is 0 Å². The first-order chi connectivity index (χ1) is 9.90. The van der Waals surface area contributed by atoms with Gasteiger partial charge in [-0.15, -0.1) is 0 Å². The predicted molar refractivity (Wildman–Crippen MR) is 90.5 cm³/mol. The quantitative estimate of drug-likeness (QED) is 0.515. The third-order valence-corrected chi connectivity index (χ3v) is 5.11. The van der Waals surface area contributed by atoms with E-state index in [0.29, 0.717) is 5.92 Å². The standard InChI is InChI=1S/C18H27BrO2/c1-18(2,3)21-17(20)16-7-5-4-6-15(16)14-10-8-13(12-19)9-11-14/h8,10,15-16H,4-7,9,11-12H2,1-3H3/t15-,16+/m0/s1. The lowest BCUT2D eigenvalue weighted by Gasteiger charge is -2.34. The molecule has 0 aromatic heterocycles. The Hall–Kier alpha value is -0.570. The van der Waals surface area contributed by atoms with E-state index in [2.05, 4.69) is 28.1 Å². The number of hydrogen-bond donors (Lipinski definition) is 0. The molecule has 2 atom stereocenters. The van der Waals surface area contributed by atoms with Crippen LogP contribution in [-0.2, 0) is 9.53 Å². The SMILES string of the molecule is CC(C)(C)OC(=O)[C@@H]1CCCC[C@H]1C1=CC=C(CBr)CC1. The number of esters is 1. The van der Waals surface area contributed by atoms with Gasteiger partial charge in [-0.05, 0) is 52.4 Å². The summed E-state index contributed by atoms with van der Waals surface area (Å²) in [4.78, 5) is 12.5. The molecule has 1 fully saturated rings. The van der Waals surface area contributed by atoms with Gasteiger partial charge in [-0.1, -0.05) is 52.1 Å². The second-order valence-corrected chi connectivity index (χ2v) is 7.79. The van der Waals surface area contributed by atoms with Gasteiger partial charge in [0.25, 0.3) is 0 Å². The molecular formula is C18H27BrO2. The van der Waals surface area contributed by atoms with E-state index >= 15 is 0 Å². The zero-order valence-electron chi connectivity index (χ0n) is 13.5. The zero-order chi connectivity index (χ0) is 15.5. The Balaban J connectivity index is 2.11. The lowest BCUT2D eigenvalue weighted by atomic mass is 9.73. The molecule has 21 heavy (non-hydrogen) atoms. The predicted octanol–water partition coefficient (Wildman–Crippen LogP) is 5.18. The molecule has 2 aliphatic rings. The van der Waals surface area contributed by atoms with Crippen molar-refractivity contribution in [2.75, 3.05) is 5.33 Å². The van der Waals surface area contributed by atoms with Crippen molar-refractivity contribution in [3.8, 4) is 0 Å². The second kappa shape index (κ2) is 7.13. The molecule has 0 N–H and O–H groups in total. The molecular weight excluding hydrogens is 328 g/mol. The van der Waals surface area contributed by atoms with Crippen molar-refractivity contribution in [3.05, 3.63) is 23.3 Å². The van der Waals surface area contributed by atoms with Crippen LogP contribution in [0.15, 0.2) is 23.3 Å². The highest BCUT2D eigenvalue weighted by molar-refractivity contribution is 9.09. The summed E-state index contributed by atoms with van der Waals surface area (Å²) in [5.74, 6) is 0.452. The van der Waals surface area contributed by atoms with Crippen LogP contribution in [0, 0.1) is 11.8 Å². The number of hydrogen-bond acceptors (Lipinski definition) is 2. The number of ether oxygens (including phenoxy) is 1. The van der Waals surface area contributed by atoms with Gasteiger partial charge in [0.1, 0.15) is 5.60 Å². The lowest BCUT2D eigenvalue weighted by Crippen LogP contribution is -2.35. The maximum Gasteiger partial charge on any atom is 0.310 e. The number of alkyl halides is 1. The average molecular weight is 355 g/mol. The molecule has 118 valence electrons. The van der Waals surface area contributed by atoms with Crippen LogP contribution in [-0.4, -0.2) is 16.9 Å². The van der Waals surface area contributed by atoms with E-state index in [-0.39, 0.29) is 17.5 Å². The molecule has 1 saturated carbocycles. The molecule has 0 aliphatic heterocycles. The third kappa shape index (κ3) is 4.70. The zero-order valence-corrected chi connectivity index (χ0v) is 15.0. The fraction of sp³-hybridized carbons (Fsp3) is 0.722. The molecule has 0 radical (unpaired) electrons. The van der Waals surface area contributed by atoms with Gasteiger partial charge in [0, 0.05) is 5.33 Å². The molecule has 0 aromatic rings. The Morgan fingerprint density at radius 2 is 1.95 bits per heavy atom. The van der Waals surface area contributed by atoms with Crippen LogP contribution in [0.25, 0.3) is 0 Å². The first-order valence-corrected chi connectivity index (χ1v) is 9.20. The van der Waals surface area contributed by atoms with Gasteiger partial charge >= 0.3 is 5.97 Å². The maximum absolute atomic E-state index is 12.5. The smallest absolute Gasteiger partial charge is 0.310 e. The van der Waals surface area contributed by atoms with Crippen molar-refractivity contribution in [2.45, 2.75) is 64.9 Å². The fourth-order valence-corrected chi connectivity index (χ4v) is 3.82. The highest BCUT2D eigenvalue weighted by Crippen LogP contribution is 2.39. The van der Waals surface area contributed by atoms with Crippen molar-refractivity contribution >= 4 is 21.9 Å². The maximum atomic E-state index is 12.5. The minimum absolute atomic E-state index is 0.00312. The van der Waals surface area contributed by atoms with Gasteiger partial charge in [-0.3, -0.25) is 4.79 Å². The molecule has 0 bridgehead atoms. The summed E-state index contributed by atoms with van der Waals surface area (Å²) in [5.41, 5.74) is 2.52. The van der Waals surface area contributed by atoms with Gasteiger partial charge in [-0.25, -0.2) is 0 Å². The minimum Gasteiger partial charge on any atom is -0.460 e. The Kier molecular flexibility index (Phi) is 5.70. The summed E-state index contributed by atoms with van der Waals surface area (Å²) >= 11 is 3.52. The van der Waals surface area contributed by atoms with Crippen molar-refractivity contribution < 1.29 is 9.53 Å². The number of rotatable bonds is 3. The molecule has 0 unspecified atom stereocenters. The molecule has 3 heteroatoms. The van der Waals surface area contributed by atoms with Crippen LogP contribution in [0.2, 0.25) is 0 Å². The number of allylic oxidation sites excluding steroid dienone is 4. The van der Waals surface area contributed by atoms with Crippen LogP contribution >= 0.6 is 15.9 Å². The van der Waals surface area contributed by atoms with Crippen LogP contribution in [0.5, 0.6) is 0 Å². The van der Waals surface area contributed by atoms with Gasteiger partial charge < -0.3 is 4.74 Å². The molecule has 0 amide bonds. The van der Waals surface area contributed by atoms with E-state index < -0.39 is 0 Å². The van der Waals surface area contributed by atoms with Crippen molar-refractivity contribution in [2.24, 2.45) is 11.8 Å². The van der Waals surface area contributed by atoms with Gasteiger partial charge in [0.15, 0.2) is 0 Å². The fourth-order valence-electron chi connectivity index (χ4n) is 3.35. The minimum atomic E-state index is -0.386. The number of carbonyl (C=O) groups is 1. The Morgan fingerprint density at radius 1 is 1.24 bits per heavy atom. The van der Waals surface area contributed by atoms with Crippen molar-refractivity contribution in [3.63, 3.8) is 0 Å². The second-order valence-electron chi connectivity index (χ2n) is 7.23. The van der Waals surface area contributed by atoms with E-state index in [9.17, 15) is 4.79 Å². The van der Waals surface area contributed by atoms with E-state index in [1.807, 2.05) is 20.8 Å². The summed E-state index contributed by atoms with van der Waals surface area (Å²) in [6.45, 7) is 5.86. The Bertz CT molecular complexity index is 443. The highest BCUT2D eigenvalue weighted by Gasteiger charge is 2.36. The largest absolute Gasteiger partial charge is 0.460 e. The first-order valence-electron chi connectivity index (χ1n) is 8.08. The van der Waals surface area contributed by atoms with Gasteiger partial charge in [0.2, 0.25) is 0 Å². The highest BCUT2D eigenvalue weighted by atomic mass is 79.9. The Labute approximate surface area is 137 Å². The Morgan fingerprint density at radius 3 is 2.52 bits per heavy atom. The summed E-state index contributed by atoms with van der Waals surface area (Å²) in [7, 11) is 0. The third-order valence-electron chi connectivity index (χ3n) is 4.39. The van der Waals surface area contributed by atoms with Crippen molar-refractivity contribution in [1.29, 1.82) is 0 Å². The van der Waals surface area contributed by atoms with E-state index in [0.717, 1.165) is 37.4 Å². The summed E-state index contributed by atoms with van der Waals surface area (Å²) in [5, 5.41) is 0.955. The van der Waals surface area contributed by atoms with Crippen LogP contribution in [0.1, 0.15) is 59.3 Å². The molecule has 2 rings (SSSR count). The molecule has 0 spiro atoms. The van der Waals surface area contributed by atoms with Crippen LogP contribution < -0.4 is 0 Å². The monoisotopic (exact) mass is 354 g/mol. The molecule has 0 aromatic carbocycles. The average Bonchev–Trinajstić information content (AvgIpc) is 2.45. The van der Waals surface area contributed by atoms with E-state index in [1.165, 1.54) is 17.6 Å². The summed E-state index contributed by atoms with van der Waals surface area (Å²) in [6, 6.07) is 0. The van der Waals surface area contributed by atoms with E-state index in [1.54, 1.807) is 0 Å². The van der Waals surface area contributed by atoms with Crippen LogP contribution in [0.4, 0.5) is 0 Å². The molecule has 0 heterocycles. The van der Waals surface area contributed by atoms with Gasteiger partial charge in [0.05, 0.1) is 5.92 Å². The van der Waals surface area contributed by atoms with E-state index in [4.69, 9.17) is 4.74 Å². The first kappa shape index (κ1) is 16.8. The van der Waals surface area contributed by atoms with Crippen molar-refractivity contribution in [1.82, 2.24) is 0 Å². The molecule has 2 nitrogen and oxygen atoms in total. The summed E-state index contributed by atoms with van der Waals surface area (Å²) in [6.07, 6.45) is 11.2. The summed E-state index contributed by atoms with van der Waals surface area (Å²) < 4.78 is 5.65. The molecule has 2 aliphatic carbocycles. The van der Waals surface area contributed by atoms with Gasteiger partial charge in [-0.2, -0.15) is 0 Å². The number of carbonyl (C=O) groups excluding carboxylic acids is 1. The lowest BCUT2D eigenvalue weighted by molar-refractivity contribution is -0.162. The topological polar surface area (TPSA) is 26.3 Å². The number of halogens is 1. The normalized spacial score (nSPS) is 26.9. The molecule has 0 saturated heterocycles.